The Morgan fingerprint density at radius 1 is 1.04 bits per heavy atom. The maximum absolute atomic E-state index is 5.51. The van der Waals surface area contributed by atoms with Gasteiger partial charge in [0.1, 0.15) is 5.82 Å². The molecule has 1 aliphatic heterocycles. The van der Waals surface area contributed by atoms with Crippen molar-refractivity contribution in [2.75, 3.05) is 6.79 Å². The van der Waals surface area contributed by atoms with E-state index >= 15 is 0 Å². The van der Waals surface area contributed by atoms with Crippen LogP contribution in [-0.4, -0.2) is 16.3 Å². The number of aromatic nitrogens is 2. The molecule has 2 aromatic carbocycles. The Balaban J connectivity index is 1.80. The monoisotopic (exact) mass is 308 g/mol. The predicted molar refractivity (Wildman–Crippen MR) is 90.8 cm³/mol. The third-order valence-electron chi connectivity index (χ3n) is 4.27. The number of hydrogen-bond acceptors (Lipinski definition) is 3. The molecule has 0 atom stereocenters. The molecule has 4 heteroatoms. The van der Waals surface area contributed by atoms with Crippen molar-refractivity contribution in [3.05, 3.63) is 42.5 Å². The van der Waals surface area contributed by atoms with Crippen LogP contribution < -0.4 is 9.47 Å². The average Bonchev–Trinajstić information content (AvgIpc) is 3.19. The molecule has 4 rings (SSSR count). The Bertz CT molecular complexity index is 839. The second-order valence-corrected chi connectivity index (χ2v) is 5.85. The zero-order valence-corrected chi connectivity index (χ0v) is 13.3. The fraction of sp³-hybridized carbons (Fsp3) is 0.316. The lowest BCUT2D eigenvalue weighted by Crippen LogP contribution is -2.01. The van der Waals surface area contributed by atoms with Gasteiger partial charge in [-0.25, -0.2) is 4.98 Å². The summed E-state index contributed by atoms with van der Waals surface area (Å²) in [5.74, 6) is 2.61. The number of aryl methyl sites for hydroxylation is 1. The highest BCUT2D eigenvalue weighted by Gasteiger charge is 2.17. The lowest BCUT2D eigenvalue weighted by Gasteiger charge is -2.09. The number of unbranched alkanes of at least 4 members (excludes halogenated alkanes) is 2. The normalized spacial score (nSPS) is 12.9. The van der Waals surface area contributed by atoms with Gasteiger partial charge in [0.2, 0.25) is 6.79 Å². The molecule has 23 heavy (non-hydrogen) atoms. The summed E-state index contributed by atoms with van der Waals surface area (Å²) >= 11 is 0. The molecule has 0 unspecified atom stereocenters. The number of hydrogen-bond donors (Lipinski definition) is 0. The second-order valence-electron chi connectivity index (χ2n) is 5.85. The summed E-state index contributed by atoms with van der Waals surface area (Å²) < 4.78 is 13.2. The van der Waals surface area contributed by atoms with Crippen molar-refractivity contribution in [1.29, 1.82) is 0 Å². The fourth-order valence-electron chi connectivity index (χ4n) is 3.08. The van der Waals surface area contributed by atoms with E-state index in [1.54, 1.807) is 0 Å². The Kier molecular flexibility index (Phi) is 3.66. The van der Waals surface area contributed by atoms with Gasteiger partial charge in [0, 0.05) is 12.1 Å². The second kappa shape index (κ2) is 5.95. The Labute approximate surface area is 135 Å². The van der Waals surface area contributed by atoms with Crippen molar-refractivity contribution >= 4 is 11.0 Å². The van der Waals surface area contributed by atoms with E-state index in [2.05, 4.69) is 35.8 Å². The quantitative estimate of drug-likeness (QED) is 0.645. The average molecular weight is 308 g/mol. The summed E-state index contributed by atoms with van der Waals surface area (Å²) in [5, 5.41) is 0. The molecular formula is C19H20N2O2. The number of benzene rings is 2. The number of rotatable bonds is 5. The molecule has 0 saturated carbocycles. The van der Waals surface area contributed by atoms with Crippen molar-refractivity contribution < 1.29 is 9.47 Å². The first-order chi connectivity index (χ1) is 11.4. The fourth-order valence-corrected chi connectivity index (χ4v) is 3.08. The van der Waals surface area contributed by atoms with E-state index < -0.39 is 0 Å². The van der Waals surface area contributed by atoms with Crippen LogP contribution in [0.2, 0.25) is 0 Å². The summed E-state index contributed by atoms with van der Waals surface area (Å²) in [6.45, 7) is 3.51. The highest BCUT2D eigenvalue weighted by Crippen LogP contribution is 2.36. The third-order valence-corrected chi connectivity index (χ3v) is 4.27. The molecule has 4 nitrogen and oxygen atoms in total. The zero-order chi connectivity index (χ0) is 15.6. The van der Waals surface area contributed by atoms with Crippen molar-refractivity contribution in [3.8, 4) is 22.9 Å². The van der Waals surface area contributed by atoms with Crippen LogP contribution in [0.5, 0.6) is 11.5 Å². The molecule has 0 bridgehead atoms. The van der Waals surface area contributed by atoms with Crippen LogP contribution in [0.4, 0.5) is 0 Å². The Hall–Kier alpha value is -2.49. The largest absolute Gasteiger partial charge is 0.454 e. The molecule has 0 fully saturated rings. The van der Waals surface area contributed by atoms with Crippen LogP contribution in [0.15, 0.2) is 42.5 Å². The van der Waals surface area contributed by atoms with Crippen molar-refractivity contribution in [1.82, 2.24) is 9.55 Å². The van der Waals surface area contributed by atoms with Gasteiger partial charge >= 0.3 is 0 Å². The smallest absolute Gasteiger partial charge is 0.231 e. The number of imidazole rings is 1. The van der Waals surface area contributed by atoms with Crippen LogP contribution in [0.3, 0.4) is 0 Å². The molecule has 0 amide bonds. The molecule has 0 saturated heterocycles. The van der Waals surface area contributed by atoms with Gasteiger partial charge in [-0.15, -0.1) is 0 Å². The van der Waals surface area contributed by atoms with Crippen molar-refractivity contribution in [2.45, 2.75) is 32.7 Å². The van der Waals surface area contributed by atoms with Crippen molar-refractivity contribution in [3.63, 3.8) is 0 Å². The van der Waals surface area contributed by atoms with E-state index in [1.165, 1.54) is 18.4 Å². The summed E-state index contributed by atoms with van der Waals surface area (Å²) in [6, 6.07) is 14.4. The van der Waals surface area contributed by atoms with Crippen LogP contribution in [0.25, 0.3) is 22.4 Å². The molecule has 3 aromatic rings. The van der Waals surface area contributed by atoms with Crippen LogP contribution >= 0.6 is 0 Å². The van der Waals surface area contributed by atoms with Gasteiger partial charge in [0.25, 0.3) is 0 Å². The first-order valence-electron chi connectivity index (χ1n) is 8.22. The topological polar surface area (TPSA) is 36.3 Å². The van der Waals surface area contributed by atoms with E-state index in [0.29, 0.717) is 6.79 Å². The molecule has 0 radical (unpaired) electrons. The molecule has 0 N–H and O–H groups in total. The SMILES string of the molecule is CCCCCn1c(-c2ccc3c(c2)OCO3)nc2ccccc21. The third kappa shape index (κ3) is 2.54. The van der Waals surface area contributed by atoms with Gasteiger partial charge in [0.15, 0.2) is 11.5 Å². The standard InChI is InChI=1S/C19H20N2O2/c1-2-3-6-11-21-16-8-5-4-7-15(16)20-19(21)14-9-10-17-18(12-14)23-13-22-17/h4-5,7-10,12H,2-3,6,11,13H2,1H3. The first-order valence-corrected chi connectivity index (χ1v) is 8.22. The van der Waals surface area contributed by atoms with Crippen molar-refractivity contribution in [2.24, 2.45) is 0 Å². The van der Waals surface area contributed by atoms with E-state index in [4.69, 9.17) is 14.5 Å². The lowest BCUT2D eigenvalue weighted by atomic mass is 10.2. The summed E-state index contributed by atoms with van der Waals surface area (Å²) in [4.78, 5) is 4.85. The summed E-state index contributed by atoms with van der Waals surface area (Å²) in [5.41, 5.74) is 3.30. The molecule has 118 valence electrons. The number of para-hydroxylation sites is 2. The van der Waals surface area contributed by atoms with Crippen LogP contribution in [0, 0.1) is 0 Å². The van der Waals surface area contributed by atoms with Gasteiger partial charge in [-0.05, 0) is 36.8 Å². The van der Waals surface area contributed by atoms with Crippen LogP contribution in [0.1, 0.15) is 26.2 Å². The molecule has 1 aliphatic rings. The minimum absolute atomic E-state index is 0.297. The highest BCUT2D eigenvalue weighted by molar-refractivity contribution is 5.81. The molecule has 0 aliphatic carbocycles. The first kappa shape index (κ1) is 14.1. The van der Waals surface area contributed by atoms with Crippen LogP contribution in [-0.2, 0) is 6.54 Å². The zero-order valence-electron chi connectivity index (χ0n) is 13.3. The van der Waals surface area contributed by atoms with Gasteiger partial charge in [0.05, 0.1) is 11.0 Å². The minimum Gasteiger partial charge on any atom is -0.454 e. The van der Waals surface area contributed by atoms with E-state index in [1.807, 2.05) is 18.2 Å². The van der Waals surface area contributed by atoms with E-state index in [9.17, 15) is 0 Å². The maximum Gasteiger partial charge on any atom is 0.231 e. The molecule has 0 spiro atoms. The van der Waals surface area contributed by atoms with Gasteiger partial charge in [-0.1, -0.05) is 31.9 Å². The molecule has 2 heterocycles. The maximum atomic E-state index is 5.51. The highest BCUT2D eigenvalue weighted by atomic mass is 16.7. The molecular weight excluding hydrogens is 288 g/mol. The number of ether oxygens (including phenoxy) is 2. The van der Waals surface area contributed by atoms with E-state index in [0.717, 1.165) is 41.4 Å². The Morgan fingerprint density at radius 2 is 1.91 bits per heavy atom. The van der Waals surface area contributed by atoms with E-state index in [-0.39, 0.29) is 0 Å². The molecule has 1 aromatic heterocycles. The number of fused-ring (bicyclic) bond motifs is 2. The summed E-state index contributed by atoms with van der Waals surface area (Å²) in [6.07, 6.45) is 3.60. The van der Waals surface area contributed by atoms with Gasteiger partial charge in [-0.3, -0.25) is 0 Å². The van der Waals surface area contributed by atoms with Gasteiger partial charge in [-0.2, -0.15) is 0 Å². The van der Waals surface area contributed by atoms with Gasteiger partial charge < -0.3 is 14.0 Å². The predicted octanol–water partition coefficient (Wildman–Crippen LogP) is 4.62. The number of nitrogens with zero attached hydrogens (tertiary/aromatic N) is 2. The minimum atomic E-state index is 0.297. The lowest BCUT2D eigenvalue weighted by molar-refractivity contribution is 0.174. The Morgan fingerprint density at radius 3 is 2.83 bits per heavy atom. The summed E-state index contributed by atoms with van der Waals surface area (Å²) in [7, 11) is 0.